The third-order valence-corrected chi connectivity index (χ3v) is 4.36. The van der Waals surface area contributed by atoms with E-state index >= 15 is 0 Å². The highest BCUT2D eigenvalue weighted by molar-refractivity contribution is 7.93. The lowest BCUT2D eigenvalue weighted by Crippen LogP contribution is -2.22. The second-order valence-corrected chi connectivity index (χ2v) is 6.08. The van der Waals surface area contributed by atoms with Crippen LogP contribution in [0.25, 0.3) is 5.57 Å². The van der Waals surface area contributed by atoms with Crippen LogP contribution in [0, 0.1) is 0 Å². The van der Waals surface area contributed by atoms with Gasteiger partial charge in [-0.05, 0) is 23.9 Å². The van der Waals surface area contributed by atoms with E-state index < -0.39 is 16.0 Å². The highest BCUT2D eigenvalue weighted by Gasteiger charge is 2.26. The van der Waals surface area contributed by atoms with Crippen LogP contribution in [0.3, 0.4) is 0 Å². The quantitative estimate of drug-likeness (QED) is 0.654. The van der Waals surface area contributed by atoms with Gasteiger partial charge in [0.15, 0.2) is 0 Å². The van der Waals surface area contributed by atoms with Gasteiger partial charge in [-0.15, -0.1) is 11.3 Å². The summed E-state index contributed by atoms with van der Waals surface area (Å²) in [6.45, 7) is 1.97. The molecule has 0 fully saturated rings. The first-order valence-corrected chi connectivity index (χ1v) is 7.50. The summed E-state index contributed by atoms with van der Waals surface area (Å²) in [5.41, 5.74) is 1.00. The number of ether oxygens (including phenoxy) is 1. The Balaban J connectivity index is 2.39. The van der Waals surface area contributed by atoms with Gasteiger partial charge in [-0.3, -0.25) is 4.72 Å². The molecule has 92 valence electrons. The van der Waals surface area contributed by atoms with E-state index in [1.165, 1.54) is 17.4 Å². The predicted octanol–water partition coefficient (Wildman–Crippen LogP) is 1.45. The molecule has 1 aromatic heterocycles. The molecule has 2 rings (SSSR count). The number of anilines is 1. The lowest BCUT2D eigenvalue weighted by atomic mass is 10.2. The number of esters is 1. The smallest absolute Gasteiger partial charge is 0.331 e. The number of fused-ring (bicyclic) bond motifs is 1. The zero-order chi connectivity index (χ0) is 12.5. The number of sulfonamides is 1. The molecule has 0 saturated carbocycles. The molecule has 0 radical (unpaired) electrons. The van der Waals surface area contributed by atoms with Gasteiger partial charge in [0.05, 0.1) is 22.9 Å². The number of carbonyl (C=O) groups is 1. The second kappa shape index (κ2) is 4.50. The summed E-state index contributed by atoms with van der Waals surface area (Å²) in [6.07, 6.45) is 1.25. The normalized spacial score (nSPS) is 19.5. The summed E-state index contributed by atoms with van der Waals surface area (Å²) in [6, 6.07) is 1.68. The number of nitrogens with one attached hydrogen (secondary N) is 1. The van der Waals surface area contributed by atoms with Crippen LogP contribution in [0.5, 0.6) is 0 Å². The maximum Gasteiger partial charge on any atom is 0.331 e. The van der Waals surface area contributed by atoms with E-state index in [0.29, 0.717) is 11.3 Å². The summed E-state index contributed by atoms with van der Waals surface area (Å²) in [7, 11) is -3.40. The predicted molar refractivity (Wildman–Crippen MR) is 66.3 cm³/mol. The van der Waals surface area contributed by atoms with Crippen molar-refractivity contribution in [2.45, 2.75) is 6.92 Å². The van der Waals surface area contributed by atoms with Crippen molar-refractivity contribution < 1.29 is 17.9 Å². The van der Waals surface area contributed by atoms with Crippen LogP contribution < -0.4 is 4.72 Å². The Labute approximate surface area is 103 Å². The lowest BCUT2D eigenvalue weighted by molar-refractivity contribution is -0.137. The fraction of sp³-hybridized carbons (Fsp3) is 0.300. The number of rotatable bonds is 2. The van der Waals surface area contributed by atoms with Gasteiger partial charge in [0.1, 0.15) is 0 Å². The second-order valence-electron chi connectivity index (χ2n) is 3.45. The van der Waals surface area contributed by atoms with Crippen LogP contribution in [-0.2, 0) is 19.6 Å². The number of hydrogen-bond acceptors (Lipinski definition) is 5. The largest absolute Gasteiger partial charge is 0.463 e. The number of hydrogen-bond donors (Lipinski definition) is 1. The molecule has 7 heteroatoms. The molecule has 0 saturated heterocycles. The minimum atomic E-state index is -3.40. The van der Waals surface area contributed by atoms with Crippen LogP contribution in [0.15, 0.2) is 17.5 Å². The lowest BCUT2D eigenvalue weighted by Gasteiger charge is -2.17. The molecule has 1 aliphatic rings. The molecule has 17 heavy (non-hydrogen) atoms. The van der Waals surface area contributed by atoms with Crippen LogP contribution in [0.2, 0.25) is 0 Å². The standard InChI is InChI=1S/C10H11NO4S2/c1-2-15-9(12)5-7-6-17(13,14)11-8-3-4-16-10(7)8/h3-5,11H,2,6H2,1H3/b7-5+. The van der Waals surface area contributed by atoms with E-state index in [4.69, 9.17) is 4.74 Å². The summed E-state index contributed by atoms with van der Waals surface area (Å²) >= 11 is 1.39. The summed E-state index contributed by atoms with van der Waals surface area (Å²) < 4.78 is 30.3. The molecule has 2 heterocycles. The third kappa shape index (κ3) is 2.67. The maximum atomic E-state index is 11.6. The molecule has 0 bridgehead atoms. The van der Waals surface area contributed by atoms with Crippen molar-refractivity contribution >= 4 is 38.6 Å². The van der Waals surface area contributed by atoms with Crippen LogP contribution in [-0.4, -0.2) is 26.7 Å². The van der Waals surface area contributed by atoms with Crippen LogP contribution >= 0.6 is 11.3 Å². The van der Waals surface area contributed by atoms with Crippen LogP contribution in [0.4, 0.5) is 5.69 Å². The summed E-state index contributed by atoms with van der Waals surface area (Å²) in [4.78, 5) is 12.1. The molecule has 1 N–H and O–H groups in total. The SMILES string of the molecule is CCOC(=O)/C=C1\CS(=O)(=O)Nc2ccsc21. The van der Waals surface area contributed by atoms with Crippen molar-refractivity contribution in [2.24, 2.45) is 0 Å². The molecular formula is C10H11NO4S2. The van der Waals surface area contributed by atoms with Gasteiger partial charge in [-0.2, -0.15) is 0 Å². The number of thiophene rings is 1. The molecule has 5 nitrogen and oxygen atoms in total. The van der Waals surface area contributed by atoms with E-state index in [0.717, 1.165) is 4.88 Å². The molecule has 1 aromatic rings. The summed E-state index contributed by atoms with van der Waals surface area (Å²) in [5, 5.41) is 1.78. The van der Waals surface area contributed by atoms with Gasteiger partial charge in [-0.25, -0.2) is 13.2 Å². The molecule has 0 atom stereocenters. The van der Waals surface area contributed by atoms with Gasteiger partial charge in [0.2, 0.25) is 10.0 Å². The van der Waals surface area contributed by atoms with E-state index in [2.05, 4.69) is 4.72 Å². The van der Waals surface area contributed by atoms with Gasteiger partial charge >= 0.3 is 5.97 Å². The topological polar surface area (TPSA) is 72.5 Å². The minimum absolute atomic E-state index is 0.195. The maximum absolute atomic E-state index is 11.6. The Morgan fingerprint density at radius 1 is 1.65 bits per heavy atom. The molecule has 1 aliphatic heterocycles. The Morgan fingerprint density at radius 3 is 3.12 bits per heavy atom. The molecule has 0 amide bonds. The first-order valence-electron chi connectivity index (χ1n) is 4.97. The highest BCUT2D eigenvalue weighted by atomic mass is 32.2. The average molecular weight is 273 g/mol. The van der Waals surface area contributed by atoms with Crippen molar-refractivity contribution in [3.05, 3.63) is 22.4 Å². The molecule has 0 aromatic carbocycles. The van der Waals surface area contributed by atoms with E-state index in [9.17, 15) is 13.2 Å². The van der Waals surface area contributed by atoms with Crippen LogP contribution in [0.1, 0.15) is 11.8 Å². The first-order chi connectivity index (χ1) is 8.02. The van der Waals surface area contributed by atoms with E-state index in [1.54, 1.807) is 18.4 Å². The van der Waals surface area contributed by atoms with Gasteiger partial charge in [-0.1, -0.05) is 0 Å². The molecular weight excluding hydrogens is 262 g/mol. The van der Waals surface area contributed by atoms with Gasteiger partial charge < -0.3 is 4.74 Å². The van der Waals surface area contributed by atoms with Gasteiger partial charge in [0.25, 0.3) is 0 Å². The zero-order valence-electron chi connectivity index (χ0n) is 9.10. The summed E-state index contributed by atoms with van der Waals surface area (Å²) in [5.74, 6) is -0.710. The Kier molecular flexibility index (Phi) is 3.21. The first kappa shape index (κ1) is 12.1. The van der Waals surface area contributed by atoms with Crippen molar-refractivity contribution in [3.63, 3.8) is 0 Å². The fourth-order valence-corrected chi connectivity index (χ4v) is 3.78. The van der Waals surface area contributed by atoms with Gasteiger partial charge in [0, 0.05) is 6.08 Å². The van der Waals surface area contributed by atoms with E-state index in [-0.39, 0.29) is 12.4 Å². The van der Waals surface area contributed by atoms with Crippen molar-refractivity contribution in [1.82, 2.24) is 0 Å². The van der Waals surface area contributed by atoms with Crippen molar-refractivity contribution in [1.29, 1.82) is 0 Å². The Bertz CT molecular complexity index is 571. The number of carbonyl (C=O) groups excluding carboxylic acids is 1. The van der Waals surface area contributed by atoms with E-state index in [1.807, 2.05) is 0 Å². The highest BCUT2D eigenvalue weighted by Crippen LogP contribution is 2.35. The molecule has 0 unspecified atom stereocenters. The van der Waals surface area contributed by atoms with Crippen molar-refractivity contribution in [3.8, 4) is 0 Å². The van der Waals surface area contributed by atoms with Crippen molar-refractivity contribution in [2.75, 3.05) is 17.1 Å². The Hall–Kier alpha value is -1.34. The molecule has 0 aliphatic carbocycles. The Morgan fingerprint density at radius 2 is 2.41 bits per heavy atom. The zero-order valence-corrected chi connectivity index (χ0v) is 10.7. The average Bonchev–Trinajstić information content (AvgIpc) is 2.63. The third-order valence-electron chi connectivity index (χ3n) is 2.15. The fourth-order valence-electron chi connectivity index (χ4n) is 1.55. The monoisotopic (exact) mass is 273 g/mol. The minimum Gasteiger partial charge on any atom is -0.463 e. The molecule has 0 spiro atoms.